The standard InChI is InChI=1S/C24H29N3O2.ClH/c1-17-12-22-19(16-29-23(22)13-18(17)2)14-24(28)27(15-20-6-3-4-10-26-20)21-7-5-9-25-11-8-21;/h3-4,6,10,12-13,16,21,25H,5,7-9,11,14-15H2,1-2H3;1H. The number of nitrogens with one attached hydrogen (secondary N) is 1. The van der Waals surface area contributed by atoms with E-state index in [0.29, 0.717) is 13.0 Å². The largest absolute Gasteiger partial charge is 0.464 e. The number of hydrogen-bond donors (Lipinski definition) is 1. The first-order valence-electron chi connectivity index (χ1n) is 10.5. The molecule has 1 aliphatic heterocycles. The summed E-state index contributed by atoms with van der Waals surface area (Å²) in [6.45, 7) is 6.70. The molecule has 0 saturated carbocycles. The number of furan rings is 1. The lowest BCUT2D eigenvalue weighted by Crippen LogP contribution is -2.41. The van der Waals surface area contributed by atoms with E-state index in [1.165, 1.54) is 11.1 Å². The number of hydrogen-bond acceptors (Lipinski definition) is 4. The Morgan fingerprint density at radius 2 is 2.03 bits per heavy atom. The third-order valence-electron chi connectivity index (χ3n) is 5.98. The molecule has 5 nitrogen and oxygen atoms in total. The molecule has 1 N–H and O–H groups in total. The average Bonchev–Trinajstić information content (AvgIpc) is 2.93. The van der Waals surface area contributed by atoms with Crippen LogP contribution in [0.1, 0.15) is 41.6 Å². The van der Waals surface area contributed by atoms with Crippen molar-refractivity contribution in [1.29, 1.82) is 0 Å². The maximum absolute atomic E-state index is 13.5. The number of fused-ring (bicyclic) bond motifs is 1. The Morgan fingerprint density at radius 1 is 1.20 bits per heavy atom. The topological polar surface area (TPSA) is 58.4 Å². The number of halogens is 1. The van der Waals surface area contributed by atoms with Gasteiger partial charge in [-0.25, -0.2) is 0 Å². The molecule has 1 unspecified atom stereocenters. The number of aryl methyl sites for hydroxylation is 2. The quantitative estimate of drug-likeness (QED) is 0.647. The first-order chi connectivity index (χ1) is 14.1. The molecule has 0 bridgehead atoms. The van der Waals surface area contributed by atoms with Gasteiger partial charge in [-0.3, -0.25) is 9.78 Å². The van der Waals surface area contributed by atoms with Crippen molar-refractivity contribution < 1.29 is 9.21 Å². The number of rotatable bonds is 5. The van der Waals surface area contributed by atoms with E-state index in [1.807, 2.05) is 23.1 Å². The highest BCUT2D eigenvalue weighted by Gasteiger charge is 2.26. The van der Waals surface area contributed by atoms with Crippen molar-refractivity contribution >= 4 is 29.3 Å². The highest BCUT2D eigenvalue weighted by Crippen LogP contribution is 2.26. The molecule has 1 atom stereocenters. The zero-order valence-electron chi connectivity index (χ0n) is 17.7. The van der Waals surface area contributed by atoms with Crippen LogP contribution in [0.15, 0.2) is 47.2 Å². The van der Waals surface area contributed by atoms with Gasteiger partial charge >= 0.3 is 0 Å². The molecule has 3 heterocycles. The number of benzene rings is 1. The minimum atomic E-state index is 0. The molecule has 160 valence electrons. The fraction of sp³-hybridized carbons (Fsp3) is 0.417. The molecule has 1 aromatic carbocycles. The molecule has 0 spiro atoms. The SMILES string of the molecule is Cc1cc2occ(CC(=O)N(Cc3ccccn3)C3CCCNCC3)c2cc1C.Cl. The molecule has 3 aromatic rings. The van der Waals surface area contributed by atoms with Crippen LogP contribution in [0, 0.1) is 13.8 Å². The number of carbonyl (C=O) groups is 1. The summed E-state index contributed by atoms with van der Waals surface area (Å²) >= 11 is 0. The molecule has 4 rings (SSSR count). The maximum Gasteiger partial charge on any atom is 0.227 e. The minimum absolute atomic E-state index is 0. The monoisotopic (exact) mass is 427 g/mol. The van der Waals surface area contributed by atoms with E-state index in [-0.39, 0.29) is 24.4 Å². The number of pyridine rings is 1. The van der Waals surface area contributed by atoms with Crippen LogP contribution < -0.4 is 5.32 Å². The Labute approximate surface area is 184 Å². The molecule has 1 aliphatic rings. The van der Waals surface area contributed by atoms with E-state index in [1.54, 1.807) is 12.5 Å². The van der Waals surface area contributed by atoms with Gasteiger partial charge in [0.25, 0.3) is 0 Å². The summed E-state index contributed by atoms with van der Waals surface area (Å²) in [4.78, 5) is 20.0. The lowest BCUT2D eigenvalue weighted by atomic mass is 10.0. The van der Waals surface area contributed by atoms with Crippen molar-refractivity contribution in [2.24, 2.45) is 0 Å². The molecule has 1 fully saturated rings. The molecule has 6 heteroatoms. The molecule has 0 radical (unpaired) electrons. The molecule has 1 saturated heterocycles. The van der Waals surface area contributed by atoms with Crippen molar-refractivity contribution in [3.63, 3.8) is 0 Å². The highest BCUT2D eigenvalue weighted by atomic mass is 35.5. The second-order valence-corrected chi connectivity index (χ2v) is 8.05. The second-order valence-electron chi connectivity index (χ2n) is 8.05. The lowest BCUT2D eigenvalue weighted by Gasteiger charge is -2.31. The predicted octanol–water partition coefficient (Wildman–Crippen LogP) is 4.58. The van der Waals surface area contributed by atoms with E-state index in [0.717, 1.165) is 54.6 Å². The first kappa shape index (κ1) is 22.3. The third-order valence-corrected chi connectivity index (χ3v) is 5.98. The summed E-state index contributed by atoms with van der Waals surface area (Å²) in [5.41, 5.74) is 5.17. The first-order valence-corrected chi connectivity index (χ1v) is 10.5. The van der Waals surface area contributed by atoms with Crippen LogP contribution in [0.3, 0.4) is 0 Å². The molecule has 2 aromatic heterocycles. The van der Waals surface area contributed by atoms with Crippen LogP contribution in [0.25, 0.3) is 11.0 Å². The van der Waals surface area contributed by atoms with Gasteiger partial charge in [0.2, 0.25) is 5.91 Å². The van der Waals surface area contributed by atoms with E-state index >= 15 is 0 Å². The van der Waals surface area contributed by atoms with Crippen LogP contribution in [-0.4, -0.2) is 34.9 Å². The number of nitrogens with zero attached hydrogens (tertiary/aromatic N) is 2. The van der Waals surface area contributed by atoms with E-state index < -0.39 is 0 Å². The summed E-state index contributed by atoms with van der Waals surface area (Å²) in [6, 6.07) is 10.3. The zero-order chi connectivity index (χ0) is 20.2. The van der Waals surface area contributed by atoms with Crippen molar-refractivity contribution in [3.8, 4) is 0 Å². The number of aromatic nitrogens is 1. The van der Waals surface area contributed by atoms with Gasteiger partial charge in [-0.15, -0.1) is 12.4 Å². The summed E-state index contributed by atoms with van der Waals surface area (Å²) in [6.07, 6.45) is 6.98. The Balaban J connectivity index is 0.00000256. The van der Waals surface area contributed by atoms with Gasteiger partial charge in [-0.1, -0.05) is 6.07 Å². The van der Waals surface area contributed by atoms with Gasteiger partial charge in [0.1, 0.15) is 5.58 Å². The fourth-order valence-corrected chi connectivity index (χ4v) is 4.14. The Bertz CT molecular complexity index is 979. The molecular weight excluding hydrogens is 398 g/mol. The number of carbonyl (C=O) groups excluding carboxylic acids is 1. The normalized spacial score (nSPS) is 16.7. The Morgan fingerprint density at radius 3 is 2.83 bits per heavy atom. The average molecular weight is 428 g/mol. The van der Waals surface area contributed by atoms with Gasteiger partial charge < -0.3 is 14.6 Å². The molecule has 1 amide bonds. The highest BCUT2D eigenvalue weighted by molar-refractivity contribution is 5.88. The van der Waals surface area contributed by atoms with Crippen molar-refractivity contribution in [2.45, 2.75) is 52.1 Å². The Kier molecular flexibility index (Phi) is 7.51. The van der Waals surface area contributed by atoms with Gasteiger partial charge in [-0.2, -0.15) is 0 Å². The van der Waals surface area contributed by atoms with E-state index in [4.69, 9.17) is 4.42 Å². The van der Waals surface area contributed by atoms with Gasteiger partial charge in [-0.05, 0) is 81.6 Å². The molecular formula is C24H30ClN3O2. The summed E-state index contributed by atoms with van der Waals surface area (Å²) < 4.78 is 5.76. The maximum atomic E-state index is 13.5. The van der Waals surface area contributed by atoms with Gasteiger partial charge in [0.05, 0.1) is 24.9 Å². The summed E-state index contributed by atoms with van der Waals surface area (Å²) in [7, 11) is 0. The lowest BCUT2D eigenvalue weighted by molar-refractivity contribution is -0.133. The predicted molar refractivity (Wildman–Crippen MR) is 122 cm³/mol. The number of amides is 1. The van der Waals surface area contributed by atoms with Gasteiger partial charge in [0, 0.05) is 23.2 Å². The fourth-order valence-electron chi connectivity index (χ4n) is 4.14. The summed E-state index contributed by atoms with van der Waals surface area (Å²) in [5, 5.41) is 4.49. The third kappa shape index (κ3) is 5.02. The van der Waals surface area contributed by atoms with Crippen molar-refractivity contribution in [3.05, 3.63) is 65.2 Å². The minimum Gasteiger partial charge on any atom is -0.464 e. The van der Waals surface area contributed by atoms with Crippen LogP contribution in [-0.2, 0) is 17.8 Å². The van der Waals surface area contributed by atoms with Crippen molar-refractivity contribution in [1.82, 2.24) is 15.2 Å². The van der Waals surface area contributed by atoms with Crippen molar-refractivity contribution in [2.75, 3.05) is 13.1 Å². The molecule has 0 aliphatic carbocycles. The summed E-state index contributed by atoms with van der Waals surface area (Å²) in [5.74, 6) is 0.142. The van der Waals surface area contributed by atoms with Gasteiger partial charge in [0.15, 0.2) is 0 Å². The van der Waals surface area contributed by atoms with Crippen LogP contribution in [0.5, 0.6) is 0 Å². The van der Waals surface area contributed by atoms with Crippen LogP contribution in [0.2, 0.25) is 0 Å². The van der Waals surface area contributed by atoms with Crippen LogP contribution >= 0.6 is 12.4 Å². The molecule has 30 heavy (non-hydrogen) atoms. The van der Waals surface area contributed by atoms with E-state index in [2.05, 4.69) is 36.3 Å². The smallest absolute Gasteiger partial charge is 0.227 e. The second kappa shape index (κ2) is 10.1. The Hall–Kier alpha value is -2.37. The zero-order valence-corrected chi connectivity index (χ0v) is 18.5. The van der Waals surface area contributed by atoms with E-state index in [9.17, 15) is 4.79 Å². The van der Waals surface area contributed by atoms with Crippen LogP contribution in [0.4, 0.5) is 0 Å².